The number of carbonyl (C=O) groups is 2. The van der Waals surface area contributed by atoms with Crippen molar-refractivity contribution in [2.24, 2.45) is 0 Å². The Labute approximate surface area is 205 Å². The molecule has 0 saturated carbocycles. The predicted octanol–water partition coefficient (Wildman–Crippen LogP) is 5.20. The van der Waals surface area contributed by atoms with E-state index in [9.17, 15) is 14.9 Å². The number of amides is 1. The van der Waals surface area contributed by atoms with Gasteiger partial charge in [0, 0.05) is 22.8 Å². The van der Waals surface area contributed by atoms with E-state index >= 15 is 0 Å². The molecule has 0 aliphatic rings. The van der Waals surface area contributed by atoms with Crippen molar-refractivity contribution in [2.45, 2.75) is 34.6 Å². The van der Waals surface area contributed by atoms with E-state index in [1.165, 1.54) is 6.08 Å². The topological polar surface area (TPSA) is 93.3 Å². The van der Waals surface area contributed by atoms with Gasteiger partial charge in [0.2, 0.25) is 0 Å². The fourth-order valence-corrected chi connectivity index (χ4v) is 3.88. The Balaban J connectivity index is 1.73. The van der Waals surface area contributed by atoms with Crippen LogP contribution in [0.2, 0.25) is 0 Å². The molecule has 0 fully saturated rings. The Kier molecular flexibility index (Phi) is 8.11. The molecule has 1 amide bonds. The van der Waals surface area contributed by atoms with Crippen molar-refractivity contribution in [3.8, 4) is 17.5 Å². The number of nitrogens with zero attached hydrogens (tertiary/aromatic N) is 2. The fraction of sp³-hybridized carbons (Fsp3) is 0.250. The molecule has 0 unspecified atom stereocenters. The first-order valence-electron chi connectivity index (χ1n) is 11.3. The molecule has 0 atom stereocenters. The maximum absolute atomic E-state index is 12.5. The zero-order valence-electron chi connectivity index (χ0n) is 20.6. The summed E-state index contributed by atoms with van der Waals surface area (Å²) in [5.41, 5.74) is 5.77. The van der Waals surface area contributed by atoms with Gasteiger partial charge in [-0.15, -0.1) is 0 Å². The summed E-state index contributed by atoms with van der Waals surface area (Å²) in [5.74, 6) is -0.535. The Morgan fingerprint density at radius 3 is 2.31 bits per heavy atom. The summed E-state index contributed by atoms with van der Waals surface area (Å²) in [5, 5.41) is 12.3. The minimum Gasteiger partial charge on any atom is -0.494 e. The summed E-state index contributed by atoms with van der Waals surface area (Å²) in [6, 6.07) is 17.1. The monoisotopic (exact) mass is 471 g/mol. The van der Waals surface area contributed by atoms with Gasteiger partial charge in [0.15, 0.2) is 6.61 Å². The number of anilines is 1. The van der Waals surface area contributed by atoms with Crippen molar-refractivity contribution in [3.05, 3.63) is 82.2 Å². The van der Waals surface area contributed by atoms with Crippen LogP contribution >= 0.6 is 0 Å². The number of carbonyl (C=O) groups excluding carboxylic acids is 2. The van der Waals surface area contributed by atoms with Crippen LogP contribution in [0.5, 0.6) is 5.75 Å². The first kappa shape index (κ1) is 25.3. The van der Waals surface area contributed by atoms with E-state index in [1.807, 2.05) is 93.8 Å². The second-order valence-electron chi connectivity index (χ2n) is 8.15. The number of benzene rings is 2. The van der Waals surface area contributed by atoms with Gasteiger partial charge in [-0.2, -0.15) is 5.26 Å². The number of rotatable bonds is 8. The first-order valence-corrected chi connectivity index (χ1v) is 11.3. The lowest BCUT2D eigenvalue weighted by Gasteiger charge is -2.11. The van der Waals surface area contributed by atoms with E-state index < -0.39 is 18.5 Å². The third-order valence-corrected chi connectivity index (χ3v) is 5.60. The van der Waals surface area contributed by atoms with Crippen LogP contribution < -0.4 is 10.1 Å². The Hall–Kier alpha value is -4.31. The molecule has 3 rings (SSSR count). The number of aromatic nitrogens is 1. The molecular weight excluding hydrogens is 442 g/mol. The van der Waals surface area contributed by atoms with Gasteiger partial charge in [-0.1, -0.05) is 18.2 Å². The van der Waals surface area contributed by atoms with E-state index in [0.717, 1.165) is 34.0 Å². The van der Waals surface area contributed by atoms with Crippen LogP contribution in [0.1, 0.15) is 35.0 Å². The highest BCUT2D eigenvalue weighted by molar-refractivity contribution is 6.00. The summed E-state index contributed by atoms with van der Waals surface area (Å²) in [4.78, 5) is 24.8. The van der Waals surface area contributed by atoms with Crippen LogP contribution in [0.4, 0.5) is 5.69 Å². The number of ether oxygens (including phenoxy) is 2. The minimum atomic E-state index is -0.852. The average Bonchev–Trinajstić information content (AvgIpc) is 3.11. The van der Waals surface area contributed by atoms with Gasteiger partial charge in [0.25, 0.3) is 5.91 Å². The largest absolute Gasteiger partial charge is 0.494 e. The molecule has 0 radical (unpaired) electrons. The Bertz CT molecular complexity index is 1290. The van der Waals surface area contributed by atoms with E-state index in [4.69, 9.17) is 9.47 Å². The normalized spacial score (nSPS) is 11.0. The lowest BCUT2D eigenvalue weighted by molar-refractivity contribution is -0.142. The third-order valence-electron chi connectivity index (χ3n) is 5.60. The van der Waals surface area contributed by atoms with Crippen LogP contribution in [0, 0.1) is 39.0 Å². The molecule has 0 saturated heterocycles. The SMILES string of the molecule is CCOc1ccc(-n2c(C)cc(/C=C(\C#N)C(=O)OCC(=O)Nc3c(C)cccc3C)c2C)cc1. The summed E-state index contributed by atoms with van der Waals surface area (Å²) in [6.45, 7) is 9.66. The summed E-state index contributed by atoms with van der Waals surface area (Å²) >= 11 is 0. The summed E-state index contributed by atoms with van der Waals surface area (Å²) in [7, 11) is 0. The smallest absolute Gasteiger partial charge is 0.349 e. The second-order valence-corrected chi connectivity index (χ2v) is 8.15. The van der Waals surface area contributed by atoms with Gasteiger partial charge in [-0.05, 0) is 87.7 Å². The molecule has 0 bridgehead atoms. The van der Waals surface area contributed by atoms with Crippen LogP contribution in [0.3, 0.4) is 0 Å². The number of hydrogen-bond acceptors (Lipinski definition) is 5. The maximum Gasteiger partial charge on any atom is 0.349 e. The fourth-order valence-electron chi connectivity index (χ4n) is 3.88. The van der Waals surface area contributed by atoms with Crippen molar-refractivity contribution >= 4 is 23.6 Å². The quantitative estimate of drug-likeness (QED) is 0.277. The van der Waals surface area contributed by atoms with Gasteiger partial charge >= 0.3 is 5.97 Å². The zero-order chi connectivity index (χ0) is 25.5. The first-order chi connectivity index (χ1) is 16.7. The highest BCUT2D eigenvalue weighted by atomic mass is 16.5. The van der Waals surface area contributed by atoms with Gasteiger partial charge in [-0.25, -0.2) is 4.79 Å². The number of nitriles is 1. The Morgan fingerprint density at radius 1 is 1.06 bits per heavy atom. The third kappa shape index (κ3) is 5.98. The molecule has 1 heterocycles. The summed E-state index contributed by atoms with van der Waals surface area (Å²) < 4.78 is 12.6. The molecule has 0 aliphatic heterocycles. The van der Waals surface area contributed by atoms with Gasteiger partial charge in [-0.3, -0.25) is 4.79 Å². The van der Waals surface area contributed by atoms with Crippen LogP contribution in [-0.4, -0.2) is 29.7 Å². The maximum atomic E-state index is 12.5. The van der Waals surface area contributed by atoms with Crippen LogP contribution in [0.25, 0.3) is 11.8 Å². The molecule has 0 spiro atoms. The lowest BCUT2D eigenvalue weighted by atomic mass is 10.1. The number of para-hydroxylation sites is 1. The molecule has 1 aromatic heterocycles. The van der Waals surface area contributed by atoms with Gasteiger partial charge in [0.05, 0.1) is 6.61 Å². The van der Waals surface area contributed by atoms with Gasteiger partial charge < -0.3 is 19.4 Å². The average molecular weight is 472 g/mol. The number of hydrogen-bond donors (Lipinski definition) is 1. The molecule has 2 aromatic carbocycles. The standard InChI is InChI=1S/C28H29N3O4/c1-6-34-25-12-10-24(11-13-25)31-20(4)14-22(21(31)5)15-23(16-29)28(33)35-17-26(32)30-27-18(2)8-7-9-19(27)3/h7-15H,6,17H2,1-5H3,(H,30,32)/b23-15+. The highest BCUT2D eigenvalue weighted by Crippen LogP contribution is 2.25. The van der Waals surface area contributed by atoms with Crippen molar-refractivity contribution in [1.82, 2.24) is 4.57 Å². The molecule has 0 aliphatic carbocycles. The number of nitrogens with one attached hydrogen (secondary N) is 1. The molecule has 3 aromatic rings. The van der Waals surface area contributed by atoms with Crippen molar-refractivity contribution < 1.29 is 19.1 Å². The molecule has 35 heavy (non-hydrogen) atoms. The lowest BCUT2D eigenvalue weighted by Crippen LogP contribution is -2.22. The predicted molar refractivity (Wildman–Crippen MR) is 136 cm³/mol. The van der Waals surface area contributed by atoms with Crippen molar-refractivity contribution in [2.75, 3.05) is 18.5 Å². The van der Waals surface area contributed by atoms with Crippen molar-refractivity contribution in [1.29, 1.82) is 5.26 Å². The van der Waals surface area contributed by atoms with E-state index in [1.54, 1.807) is 0 Å². The molecule has 7 nitrogen and oxygen atoms in total. The molecule has 7 heteroatoms. The minimum absolute atomic E-state index is 0.184. The second kappa shape index (κ2) is 11.2. The van der Waals surface area contributed by atoms with E-state index in [0.29, 0.717) is 17.9 Å². The highest BCUT2D eigenvalue weighted by Gasteiger charge is 2.17. The van der Waals surface area contributed by atoms with Crippen LogP contribution in [-0.2, 0) is 14.3 Å². The van der Waals surface area contributed by atoms with Crippen LogP contribution in [0.15, 0.2) is 54.1 Å². The zero-order valence-corrected chi connectivity index (χ0v) is 20.6. The molecule has 1 N–H and O–H groups in total. The Morgan fingerprint density at radius 2 is 1.71 bits per heavy atom. The van der Waals surface area contributed by atoms with E-state index in [-0.39, 0.29) is 5.57 Å². The number of esters is 1. The van der Waals surface area contributed by atoms with E-state index in [2.05, 4.69) is 5.32 Å². The summed E-state index contributed by atoms with van der Waals surface area (Å²) in [6.07, 6.45) is 1.49. The van der Waals surface area contributed by atoms with Gasteiger partial charge in [0.1, 0.15) is 17.4 Å². The molecular formula is C28H29N3O4. The number of aryl methyl sites for hydroxylation is 3. The van der Waals surface area contributed by atoms with Crippen molar-refractivity contribution in [3.63, 3.8) is 0 Å². The molecule has 180 valence electrons.